The largest absolute Gasteiger partial charge is 0.472 e. The number of ether oxygens (including phenoxy) is 2. The van der Waals surface area contributed by atoms with E-state index in [1.165, 1.54) is 6.08 Å². The van der Waals surface area contributed by atoms with Crippen LogP contribution in [0.15, 0.2) is 35.2 Å². The van der Waals surface area contributed by atoms with Gasteiger partial charge in [0, 0.05) is 17.4 Å². The monoisotopic (exact) mass is 440 g/mol. The van der Waals surface area contributed by atoms with Crippen LogP contribution in [0, 0.1) is 28.1 Å². The zero-order valence-electron chi connectivity index (χ0n) is 19.4. The van der Waals surface area contributed by atoms with E-state index in [2.05, 4.69) is 13.8 Å². The Hall–Kier alpha value is -1.92. The van der Waals surface area contributed by atoms with E-state index >= 15 is 0 Å². The lowest BCUT2D eigenvalue weighted by molar-refractivity contribution is -0.216. The number of carbonyl (C=O) groups excluding carboxylic acids is 2. The summed E-state index contributed by atoms with van der Waals surface area (Å²) in [5, 5.41) is 11.5. The van der Waals surface area contributed by atoms with Gasteiger partial charge in [0.25, 0.3) is 0 Å². The van der Waals surface area contributed by atoms with Crippen LogP contribution in [0.1, 0.15) is 65.4 Å². The van der Waals surface area contributed by atoms with Gasteiger partial charge in [0.2, 0.25) is 0 Å². The second kappa shape index (κ2) is 5.76. The molecule has 5 aliphatic rings. The van der Waals surface area contributed by atoms with E-state index in [0.717, 1.165) is 24.8 Å². The molecule has 3 heterocycles. The molecule has 0 amide bonds. The molecule has 1 N–H and O–H groups in total. The van der Waals surface area contributed by atoms with Crippen LogP contribution in [0.5, 0.6) is 0 Å². The van der Waals surface area contributed by atoms with Gasteiger partial charge in [0.1, 0.15) is 17.3 Å². The summed E-state index contributed by atoms with van der Waals surface area (Å²) in [6.45, 7) is 9.99. The van der Waals surface area contributed by atoms with Crippen molar-refractivity contribution in [2.24, 2.45) is 28.1 Å². The van der Waals surface area contributed by atoms with Gasteiger partial charge >= 0.3 is 5.97 Å². The Kier molecular flexibility index (Phi) is 3.72. The van der Waals surface area contributed by atoms with Gasteiger partial charge in [-0.1, -0.05) is 19.9 Å². The number of hydrogen-bond acceptors (Lipinski definition) is 6. The Morgan fingerprint density at radius 2 is 1.88 bits per heavy atom. The maximum Gasteiger partial charge on any atom is 0.330 e. The summed E-state index contributed by atoms with van der Waals surface area (Å²) in [6, 6.07) is 2.02. The smallest absolute Gasteiger partial charge is 0.330 e. The molecule has 3 aliphatic carbocycles. The summed E-state index contributed by atoms with van der Waals surface area (Å²) >= 11 is 0. The van der Waals surface area contributed by atoms with Crippen LogP contribution >= 0.6 is 0 Å². The fourth-order valence-electron chi connectivity index (χ4n) is 9.28. The van der Waals surface area contributed by atoms with Crippen molar-refractivity contribution in [1.82, 2.24) is 0 Å². The van der Waals surface area contributed by atoms with Crippen LogP contribution in [-0.4, -0.2) is 40.3 Å². The molecule has 2 aliphatic heterocycles. The van der Waals surface area contributed by atoms with E-state index in [1.54, 1.807) is 6.26 Å². The number of carbonyl (C=O) groups is 2. The fourth-order valence-corrected chi connectivity index (χ4v) is 9.28. The van der Waals surface area contributed by atoms with Crippen LogP contribution in [0.4, 0.5) is 0 Å². The first-order valence-corrected chi connectivity index (χ1v) is 11.8. The molecule has 9 atom stereocenters. The van der Waals surface area contributed by atoms with Crippen molar-refractivity contribution in [2.45, 2.75) is 83.2 Å². The molecule has 0 aromatic carbocycles. The molecule has 1 saturated heterocycles. The number of esters is 1. The lowest BCUT2D eigenvalue weighted by Crippen LogP contribution is -2.72. The highest BCUT2D eigenvalue weighted by Gasteiger charge is 2.87. The molecule has 3 saturated carbocycles. The molecule has 3 unspecified atom stereocenters. The SMILES string of the molecule is CC1(C)OC(=O)C=C[C@]2(C)C3CC[C@@]4(C)C(c5ccoc5)C[C@H]5O[C@]54[C@]3(C)C(=O)C(O)[C@@H]12. The predicted molar refractivity (Wildman–Crippen MR) is 115 cm³/mol. The number of Topliss-reactive ketones (excluding diaryl/α,β-unsaturated/α-hetero) is 1. The number of aliphatic hydroxyl groups is 1. The Morgan fingerprint density at radius 3 is 2.56 bits per heavy atom. The molecule has 32 heavy (non-hydrogen) atoms. The number of aliphatic hydroxyl groups excluding tert-OH is 1. The van der Waals surface area contributed by atoms with Crippen molar-refractivity contribution in [3.63, 3.8) is 0 Å². The third-order valence-corrected chi connectivity index (χ3v) is 10.4. The molecule has 0 bridgehead atoms. The highest BCUT2D eigenvalue weighted by molar-refractivity contribution is 5.93. The maximum absolute atomic E-state index is 14.2. The van der Waals surface area contributed by atoms with Gasteiger partial charge in [-0.2, -0.15) is 0 Å². The number of ketones is 1. The maximum atomic E-state index is 14.2. The number of allylic oxidation sites excluding steroid dienone is 1. The molecule has 0 radical (unpaired) electrons. The van der Waals surface area contributed by atoms with Gasteiger partial charge in [-0.15, -0.1) is 0 Å². The summed E-state index contributed by atoms with van der Waals surface area (Å²) in [6.07, 6.45) is 8.26. The highest BCUT2D eigenvalue weighted by atomic mass is 16.6. The van der Waals surface area contributed by atoms with Gasteiger partial charge in [-0.25, -0.2) is 4.79 Å². The van der Waals surface area contributed by atoms with Crippen molar-refractivity contribution in [1.29, 1.82) is 0 Å². The van der Waals surface area contributed by atoms with E-state index in [4.69, 9.17) is 13.9 Å². The zero-order chi connectivity index (χ0) is 22.9. The minimum absolute atomic E-state index is 0.0165. The minimum Gasteiger partial charge on any atom is -0.472 e. The Morgan fingerprint density at radius 1 is 1.12 bits per heavy atom. The summed E-state index contributed by atoms with van der Waals surface area (Å²) in [7, 11) is 0. The second-order valence-corrected chi connectivity index (χ2v) is 11.9. The van der Waals surface area contributed by atoms with E-state index in [0.29, 0.717) is 0 Å². The van der Waals surface area contributed by atoms with Gasteiger partial charge in [0.05, 0.1) is 24.0 Å². The number of hydrogen-bond donors (Lipinski definition) is 1. The molecule has 1 aromatic heterocycles. The van der Waals surface area contributed by atoms with Gasteiger partial charge in [-0.05, 0) is 68.9 Å². The molecule has 6 rings (SSSR count). The molecule has 4 fully saturated rings. The average molecular weight is 441 g/mol. The first kappa shape index (κ1) is 20.7. The van der Waals surface area contributed by atoms with Crippen molar-refractivity contribution >= 4 is 11.8 Å². The first-order valence-electron chi connectivity index (χ1n) is 11.8. The van der Waals surface area contributed by atoms with Crippen LogP contribution in [0.3, 0.4) is 0 Å². The minimum atomic E-state index is -1.23. The van der Waals surface area contributed by atoms with E-state index in [-0.39, 0.29) is 29.1 Å². The van der Waals surface area contributed by atoms with Crippen LogP contribution in [-0.2, 0) is 19.1 Å². The van der Waals surface area contributed by atoms with Crippen molar-refractivity contribution in [3.05, 3.63) is 36.3 Å². The van der Waals surface area contributed by atoms with Crippen molar-refractivity contribution in [2.75, 3.05) is 0 Å². The molecule has 6 nitrogen and oxygen atoms in total. The summed E-state index contributed by atoms with van der Waals surface area (Å²) < 4.78 is 17.6. The van der Waals surface area contributed by atoms with Gasteiger partial charge in [0.15, 0.2) is 5.78 Å². The van der Waals surface area contributed by atoms with E-state index in [9.17, 15) is 14.7 Å². The lowest BCUT2D eigenvalue weighted by Gasteiger charge is -2.64. The van der Waals surface area contributed by atoms with Crippen molar-refractivity contribution in [3.8, 4) is 0 Å². The third kappa shape index (κ3) is 2.02. The first-order chi connectivity index (χ1) is 14.9. The lowest BCUT2D eigenvalue weighted by atomic mass is 9.38. The topological polar surface area (TPSA) is 89.3 Å². The Labute approximate surface area is 188 Å². The van der Waals surface area contributed by atoms with Crippen LogP contribution in [0.2, 0.25) is 0 Å². The average Bonchev–Trinajstić information content (AvgIpc) is 3.11. The van der Waals surface area contributed by atoms with Crippen LogP contribution < -0.4 is 0 Å². The third-order valence-electron chi connectivity index (χ3n) is 10.4. The molecule has 1 spiro atoms. The van der Waals surface area contributed by atoms with Crippen LogP contribution in [0.25, 0.3) is 0 Å². The van der Waals surface area contributed by atoms with Gasteiger partial charge in [-0.3, -0.25) is 4.79 Å². The summed E-state index contributed by atoms with van der Waals surface area (Å²) in [5.74, 6) is -0.924. The summed E-state index contributed by atoms with van der Waals surface area (Å²) in [4.78, 5) is 26.5. The zero-order valence-corrected chi connectivity index (χ0v) is 19.4. The van der Waals surface area contributed by atoms with Crippen molar-refractivity contribution < 1.29 is 28.6 Å². The normalized spacial score (nSPS) is 52.9. The predicted octanol–water partition coefficient (Wildman–Crippen LogP) is 3.78. The highest BCUT2D eigenvalue weighted by Crippen LogP contribution is 2.81. The molecule has 1 aromatic rings. The quantitative estimate of drug-likeness (QED) is 0.528. The Bertz CT molecular complexity index is 1040. The number of fused-ring (bicyclic) bond motifs is 3. The molecule has 172 valence electrons. The summed E-state index contributed by atoms with van der Waals surface area (Å²) in [5.41, 5.74) is -2.11. The van der Waals surface area contributed by atoms with E-state index in [1.807, 2.05) is 39.2 Å². The second-order valence-electron chi connectivity index (χ2n) is 11.9. The van der Waals surface area contributed by atoms with E-state index < -0.39 is 40.0 Å². The number of epoxide rings is 1. The van der Waals surface area contributed by atoms with Gasteiger partial charge < -0.3 is 19.0 Å². The standard InChI is InChI=1S/C26H32O6/c1-22(2)20-19(28)21(29)25(5)16(23(20,3)9-7-18(27)32-22)6-10-24(4)15(14-8-11-30-13-14)12-17-26(24,25)31-17/h7-9,11,13,15-17,19-20,28H,6,10,12H2,1-5H3/t15?,16?,17-,19?,20+,23-,24+,25+,26-/m1/s1. The molecular formula is C26H32O6. The Balaban J connectivity index is 1.52. The fraction of sp³-hybridized carbons (Fsp3) is 0.692. The molecular weight excluding hydrogens is 408 g/mol. The molecule has 6 heteroatoms. The number of cyclic esters (lactones) is 1. The number of furan rings is 1. The number of rotatable bonds is 1.